The highest BCUT2D eigenvalue weighted by atomic mass is 32.2. The van der Waals surface area contributed by atoms with Crippen molar-refractivity contribution in [2.24, 2.45) is 0 Å². The first kappa shape index (κ1) is 19.1. The van der Waals surface area contributed by atoms with Gasteiger partial charge in [0.15, 0.2) is 0 Å². The SMILES string of the molecule is O=C(c1ccc(NC2CCSC2)nc1)N1CCCN(C2CCCCC2)CC1. The van der Waals surface area contributed by atoms with E-state index in [0.717, 1.165) is 50.2 Å². The largest absolute Gasteiger partial charge is 0.366 e. The normalized spacial score (nSPS) is 25.3. The molecule has 3 fully saturated rings. The minimum Gasteiger partial charge on any atom is -0.366 e. The Hall–Kier alpha value is -1.27. The molecule has 1 unspecified atom stereocenters. The fourth-order valence-electron chi connectivity index (χ4n) is 4.60. The van der Waals surface area contributed by atoms with Gasteiger partial charge in [-0.3, -0.25) is 9.69 Å². The molecule has 1 aromatic heterocycles. The zero-order valence-electron chi connectivity index (χ0n) is 16.2. The first-order valence-corrected chi connectivity index (χ1v) is 11.8. The molecule has 6 heteroatoms. The summed E-state index contributed by atoms with van der Waals surface area (Å²) in [5.74, 6) is 3.39. The molecule has 2 aliphatic heterocycles. The number of rotatable bonds is 4. The summed E-state index contributed by atoms with van der Waals surface area (Å²) in [7, 11) is 0. The molecule has 0 radical (unpaired) electrons. The van der Waals surface area contributed by atoms with Crippen molar-refractivity contribution in [2.75, 3.05) is 43.0 Å². The zero-order chi connectivity index (χ0) is 18.5. The van der Waals surface area contributed by atoms with Gasteiger partial charge in [0, 0.05) is 50.2 Å². The second-order valence-electron chi connectivity index (χ2n) is 8.11. The molecule has 1 aromatic rings. The van der Waals surface area contributed by atoms with Crippen LogP contribution in [-0.4, -0.2) is 70.5 Å². The maximum Gasteiger partial charge on any atom is 0.255 e. The highest BCUT2D eigenvalue weighted by molar-refractivity contribution is 7.99. The van der Waals surface area contributed by atoms with Gasteiger partial charge in [-0.05, 0) is 43.6 Å². The van der Waals surface area contributed by atoms with E-state index in [2.05, 4.69) is 15.2 Å². The Kier molecular flexibility index (Phi) is 6.56. The molecule has 1 atom stereocenters. The average Bonchev–Trinajstić information content (AvgIpc) is 3.10. The fraction of sp³-hybridized carbons (Fsp3) is 0.714. The molecule has 0 spiro atoms. The van der Waals surface area contributed by atoms with Gasteiger partial charge in [-0.1, -0.05) is 19.3 Å². The van der Waals surface area contributed by atoms with Crippen molar-refractivity contribution >= 4 is 23.5 Å². The smallest absolute Gasteiger partial charge is 0.255 e. The van der Waals surface area contributed by atoms with Crippen LogP contribution in [0.1, 0.15) is 55.3 Å². The number of nitrogens with one attached hydrogen (secondary N) is 1. The van der Waals surface area contributed by atoms with E-state index in [-0.39, 0.29) is 5.91 Å². The number of nitrogens with zero attached hydrogens (tertiary/aromatic N) is 3. The molecule has 2 saturated heterocycles. The summed E-state index contributed by atoms with van der Waals surface area (Å²) < 4.78 is 0. The van der Waals surface area contributed by atoms with Gasteiger partial charge in [0.2, 0.25) is 0 Å². The Labute approximate surface area is 167 Å². The van der Waals surface area contributed by atoms with E-state index >= 15 is 0 Å². The highest BCUT2D eigenvalue weighted by Gasteiger charge is 2.26. The standard InChI is InChI=1S/C21H32N4OS/c26-21(17-7-8-20(22-15-17)23-18-9-14-27-16-18)25-11-4-10-24(12-13-25)19-5-2-1-3-6-19/h7-8,15,18-19H,1-6,9-14,16H2,(H,22,23). The first-order valence-electron chi connectivity index (χ1n) is 10.6. The van der Waals surface area contributed by atoms with Crippen molar-refractivity contribution < 1.29 is 4.79 Å². The molecular formula is C21H32N4OS. The van der Waals surface area contributed by atoms with Crippen LogP contribution in [0.5, 0.6) is 0 Å². The number of hydrogen-bond donors (Lipinski definition) is 1. The van der Waals surface area contributed by atoms with Crippen LogP contribution in [-0.2, 0) is 0 Å². The molecule has 1 saturated carbocycles. The number of carbonyl (C=O) groups excluding carboxylic acids is 1. The molecule has 0 bridgehead atoms. The molecule has 27 heavy (non-hydrogen) atoms. The number of hydrogen-bond acceptors (Lipinski definition) is 5. The lowest BCUT2D eigenvalue weighted by Gasteiger charge is -2.33. The Morgan fingerprint density at radius 2 is 1.93 bits per heavy atom. The zero-order valence-corrected chi connectivity index (χ0v) is 17.1. The van der Waals surface area contributed by atoms with Crippen molar-refractivity contribution in [3.63, 3.8) is 0 Å². The van der Waals surface area contributed by atoms with E-state index < -0.39 is 0 Å². The number of carbonyl (C=O) groups is 1. The van der Waals surface area contributed by atoms with Gasteiger partial charge >= 0.3 is 0 Å². The lowest BCUT2D eigenvalue weighted by Crippen LogP contribution is -2.40. The topological polar surface area (TPSA) is 48.5 Å². The minimum absolute atomic E-state index is 0.135. The number of aromatic nitrogens is 1. The number of anilines is 1. The van der Waals surface area contributed by atoms with Crippen molar-refractivity contribution in [2.45, 2.75) is 57.0 Å². The van der Waals surface area contributed by atoms with Crippen LogP contribution in [0.25, 0.3) is 0 Å². The second kappa shape index (κ2) is 9.28. The Morgan fingerprint density at radius 3 is 2.67 bits per heavy atom. The maximum atomic E-state index is 12.9. The van der Waals surface area contributed by atoms with E-state index in [1.54, 1.807) is 6.20 Å². The minimum atomic E-state index is 0.135. The summed E-state index contributed by atoms with van der Waals surface area (Å²) in [6, 6.07) is 5.15. The highest BCUT2D eigenvalue weighted by Crippen LogP contribution is 2.24. The Balaban J connectivity index is 1.31. The van der Waals surface area contributed by atoms with Gasteiger partial charge in [0.1, 0.15) is 5.82 Å². The van der Waals surface area contributed by atoms with Crippen LogP contribution in [0.15, 0.2) is 18.3 Å². The summed E-state index contributed by atoms with van der Waals surface area (Å²) in [5, 5.41) is 3.48. The van der Waals surface area contributed by atoms with Crippen LogP contribution >= 0.6 is 11.8 Å². The van der Waals surface area contributed by atoms with Gasteiger partial charge < -0.3 is 10.2 Å². The van der Waals surface area contributed by atoms with Crippen LogP contribution in [0.2, 0.25) is 0 Å². The second-order valence-corrected chi connectivity index (χ2v) is 9.26. The van der Waals surface area contributed by atoms with Gasteiger partial charge in [-0.25, -0.2) is 4.98 Å². The van der Waals surface area contributed by atoms with E-state index in [4.69, 9.17) is 0 Å². The number of thioether (sulfide) groups is 1. The van der Waals surface area contributed by atoms with Crippen molar-refractivity contribution in [3.8, 4) is 0 Å². The van der Waals surface area contributed by atoms with E-state index in [1.165, 1.54) is 44.3 Å². The summed E-state index contributed by atoms with van der Waals surface area (Å²) in [6.45, 7) is 3.85. The molecule has 1 aliphatic carbocycles. The van der Waals surface area contributed by atoms with Crippen LogP contribution < -0.4 is 5.32 Å². The molecule has 1 N–H and O–H groups in total. The predicted molar refractivity (Wildman–Crippen MR) is 113 cm³/mol. The third kappa shape index (κ3) is 4.96. The monoisotopic (exact) mass is 388 g/mol. The summed E-state index contributed by atoms with van der Waals surface area (Å²) in [4.78, 5) is 22.1. The van der Waals surface area contributed by atoms with Crippen LogP contribution in [0, 0.1) is 0 Å². The predicted octanol–water partition coefficient (Wildman–Crippen LogP) is 3.48. The maximum absolute atomic E-state index is 12.9. The van der Waals surface area contributed by atoms with Crippen LogP contribution in [0.3, 0.4) is 0 Å². The van der Waals surface area contributed by atoms with Crippen molar-refractivity contribution in [3.05, 3.63) is 23.9 Å². The first-order chi connectivity index (χ1) is 13.3. The van der Waals surface area contributed by atoms with Gasteiger partial charge in [-0.2, -0.15) is 11.8 Å². The molecule has 3 heterocycles. The van der Waals surface area contributed by atoms with Crippen LogP contribution in [0.4, 0.5) is 5.82 Å². The lowest BCUT2D eigenvalue weighted by atomic mass is 9.94. The molecule has 148 valence electrons. The number of pyridine rings is 1. The van der Waals surface area contributed by atoms with Gasteiger partial charge in [-0.15, -0.1) is 0 Å². The summed E-state index contributed by atoms with van der Waals surface area (Å²) in [6.07, 6.45) is 10.8. The molecule has 4 rings (SSSR count). The van der Waals surface area contributed by atoms with E-state index in [1.807, 2.05) is 28.8 Å². The quantitative estimate of drug-likeness (QED) is 0.856. The fourth-order valence-corrected chi connectivity index (χ4v) is 5.75. The van der Waals surface area contributed by atoms with E-state index in [9.17, 15) is 4.79 Å². The lowest BCUT2D eigenvalue weighted by molar-refractivity contribution is 0.0754. The molecular weight excluding hydrogens is 356 g/mol. The van der Waals surface area contributed by atoms with Crippen molar-refractivity contribution in [1.82, 2.24) is 14.8 Å². The molecule has 0 aromatic carbocycles. The molecule has 3 aliphatic rings. The Bertz CT molecular complexity index is 611. The summed E-state index contributed by atoms with van der Waals surface area (Å²) >= 11 is 1.99. The van der Waals surface area contributed by atoms with E-state index in [0.29, 0.717) is 11.6 Å². The van der Waals surface area contributed by atoms with Crippen molar-refractivity contribution in [1.29, 1.82) is 0 Å². The average molecular weight is 389 g/mol. The van der Waals surface area contributed by atoms with Gasteiger partial charge in [0.05, 0.1) is 5.56 Å². The molecule has 5 nitrogen and oxygen atoms in total. The number of amides is 1. The third-order valence-corrected chi connectivity index (χ3v) is 7.36. The third-order valence-electron chi connectivity index (χ3n) is 6.20. The summed E-state index contributed by atoms with van der Waals surface area (Å²) in [5.41, 5.74) is 0.715. The van der Waals surface area contributed by atoms with Gasteiger partial charge in [0.25, 0.3) is 5.91 Å². The Morgan fingerprint density at radius 1 is 1.04 bits per heavy atom. The molecule has 1 amide bonds.